The highest BCUT2D eigenvalue weighted by Gasteiger charge is 2.21. The maximum atomic E-state index is 11.8. The molecule has 2 atom stereocenters. The van der Waals surface area contributed by atoms with Gasteiger partial charge in [-0.1, -0.05) is 32.4 Å². The molecule has 18 heavy (non-hydrogen) atoms. The van der Waals surface area contributed by atoms with Gasteiger partial charge >= 0.3 is 0 Å². The van der Waals surface area contributed by atoms with Gasteiger partial charge in [0.05, 0.1) is 5.38 Å². The highest BCUT2D eigenvalue weighted by molar-refractivity contribution is 6.21. The van der Waals surface area contributed by atoms with E-state index < -0.39 is 0 Å². The summed E-state index contributed by atoms with van der Waals surface area (Å²) >= 11 is 6.49. The first-order chi connectivity index (χ1) is 8.63. The zero-order valence-corrected chi connectivity index (χ0v) is 11.8. The van der Waals surface area contributed by atoms with E-state index in [0.29, 0.717) is 5.92 Å². The monoisotopic (exact) mass is 265 g/mol. The fraction of sp³-hybridized carbons (Fsp3) is 0.533. The van der Waals surface area contributed by atoms with Crippen molar-refractivity contribution in [2.75, 3.05) is 6.54 Å². The molecule has 1 amide bonds. The molecule has 0 saturated carbocycles. The quantitative estimate of drug-likeness (QED) is 0.827. The van der Waals surface area contributed by atoms with Crippen molar-refractivity contribution in [2.45, 2.75) is 38.5 Å². The van der Waals surface area contributed by atoms with E-state index in [1.165, 1.54) is 0 Å². The van der Waals surface area contributed by atoms with Crippen molar-refractivity contribution in [1.29, 1.82) is 0 Å². The molecule has 0 spiro atoms. The van der Waals surface area contributed by atoms with Gasteiger partial charge in [0.15, 0.2) is 0 Å². The number of carbonyl (C=O) groups excluding carboxylic acids is 1. The Hall–Kier alpha value is -1.02. The van der Waals surface area contributed by atoms with Gasteiger partial charge in [0.1, 0.15) is 0 Å². The number of fused-ring (bicyclic) bond motifs is 1. The number of halogens is 1. The summed E-state index contributed by atoms with van der Waals surface area (Å²) in [7, 11) is 0. The van der Waals surface area contributed by atoms with Crippen molar-refractivity contribution in [1.82, 2.24) is 5.32 Å². The van der Waals surface area contributed by atoms with Gasteiger partial charge in [0, 0.05) is 12.1 Å². The molecule has 0 fully saturated rings. The molecule has 0 aliphatic carbocycles. The molecule has 0 radical (unpaired) electrons. The molecule has 3 heteroatoms. The molecule has 1 N–H and O–H groups in total. The van der Waals surface area contributed by atoms with Crippen molar-refractivity contribution in [3.63, 3.8) is 0 Å². The van der Waals surface area contributed by atoms with Crippen LogP contribution in [-0.2, 0) is 6.42 Å². The summed E-state index contributed by atoms with van der Waals surface area (Å²) in [6.45, 7) is 5.07. The predicted molar refractivity (Wildman–Crippen MR) is 75.1 cm³/mol. The first kappa shape index (κ1) is 13.4. The summed E-state index contributed by atoms with van der Waals surface area (Å²) in [5, 5.41) is 2.87. The standard InChI is InChI=1S/C15H20ClNO/c1-3-4-10(2)14(16)12-6-5-11-7-8-17-15(18)13(11)9-12/h5-6,9-10,14H,3-4,7-8H2,1-2H3,(H,17,18). The minimum absolute atomic E-state index is 0.00928. The zero-order chi connectivity index (χ0) is 13.1. The molecule has 1 aromatic rings. The SMILES string of the molecule is CCCC(C)C(Cl)c1ccc2c(c1)C(=O)NCC2. The minimum Gasteiger partial charge on any atom is -0.352 e. The highest BCUT2D eigenvalue weighted by atomic mass is 35.5. The van der Waals surface area contributed by atoms with E-state index in [9.17, 15) is 4.79 Å². The normalized spacial score (nSPS) is 17.8. The number of benzene rings is 1. The van der Waals surface area contributed by atoms with Gasteiger partial charge in [-0.05, 0) is 36.0 Å². The van der Waals surface area contributed by atoms with E-state index in [-0.39, 0.29) is 11.3 Å². The van der Waals surface area contributed by atoms with Gasteiger partial charge in [0.2, 0.25) is 0 Å². The number of nitrogens with one attached hydrogen (secondary N) is 1. The first-order valence-electron chi connectivity index (χ1n) is 6.68. The molecule has 0 saturated heterocycles. The van der Waals surface area contributed by atoms with Crippen LogP contribution in [0, 0.1) is 5.92 Å². The van der Waals surface area contributed by atoms with Crippen molar-refractivity contribution in [3.8, 4) is 0 Å². The van der Waals surface area contributed by atoms with Crippen LogP contribution >= 0.6 is 11.6 Å². The van der Waals surface area contributed by atoms with Gasteiger partial charge in [-0.25, -0.2) is 0 Å². The number of hydrogen-bond acceptors (Lipinski definition) is 1. The second kappa shape index (κ2) is 5.75. The third-order valence-electron chi connectivity index (χ3n) is 3.62. The topological polar surface area (TPSA) is 29.1 Å². The molecular formula is C15H20ClNO. The summed E-state index contributed by atoms with van der Waals surface area (Å²) in [4.78, 5) is 11.8. The Morgan fingerprint density at radius 3 is 2.94 bits per heavy atom. The zero-order valence-electron chi connectivity index (χ0n) is 11.0. The molecule has 1 heterocycles. The second-order valence-electron chi connectivity index (χ2n) is 5.09. The Labute approximate surface area is 114 Å². The predicted octanol–water partition coefficient (Wildman–Crippen LogP) is 3.69. The summed E-state index contributed by atoms with van der Waals surface area (Å²) in [5.41, 5.74) is 3.00. The highest BCUT2D eigenvalue weighted by Crippen LogP contribution is 2.33. The molecule has 0 bridgehead atoms. The molecule has 1 aliphatic heterocycles. The van der Waals surface area contributed by atoms with Crippen molar-refractivity contribution in [2.24, 2.45) is 5.92 Å². The summed E-state index contributed by atoms with van der Waals surface area (Å²) < 4.78 is 0. The molecule has 2 rings (SSSR count). The Bertz CT molecular complexity index is 444. The minimum atomic E-state index is -0.00928. The Kier molecular flexibility index (Phi) is 4.28. The van der Waals surface area contributed by atoms with Gasteiger partial charge in [-0.15, -0.1) is 11.6 Å². The Morgan fingerprint density at radius 2 is 2.22 bits per heavy atom. The van der Waals surface area contributed by atoms with E-state index in [1.54, 1.807) is 0 Å². The summed E-state index contributed by atoms with van der Waals surface area (Å²) in [6, 6.07) is 6.09. The fourth-order valence-electron chi connectivity index (χ4n) is 2.53. The average molecular weight is 266 g/mol. The molecule has 2 unspecified atom stereocenters. The second-order valence-corrected chi connectivity index (χ2v) is 5.56. The number of amides is 1. The lowest BCUT2D eigenvalue weighted by molar-refractivity contribution is 0.0946. The maximum absolute atomic E-state index is 11.8. The van der Waals surface area contributed by atoms with Crippen LogP contribution in [0.3, 0.4) is 0 Å². The average Bonchev–Trinajstić information content (AvgIpc) is 2.38. The number of carbonyl (C=O) groups is 1. The van der Waals surface area contributed by atoms with Gasteiger partial charge < -0.3 is 5.32 Å². The maximum Gasteiger partial charge on any atom is 0.251 e. The smallest absolute Gasteiger partial charge is 0.251 e. The summed E-state index contributed by atoms with van der Waals surface area (Å²) in [5.74, 6) is 0.464. The molecule has 1 aliphatic rings. The number of rotatable bonds is 4. The van der Waals surface area contributed by atoms with E-state index in [1.807, 2.05) is 6.07 Å². The van der Waals surface area contributed by atoms with Crippen molar-refractivity contribution >= 4 is 17.5 Å². The molecule has 0 aromatic heterocycles. The Morgan fingerprint density at radius 1 is 1.44 bits per heavy atom. The van der Waals surface area contributed by atoms with Crippen LogP contribution in [0.25, 0.3) is 0 Å². The van der Waals surface area contributed by atoms with Crippen LogP contribution in [0.4, 0.5) is 0 Å². The van der Waals surface area contributed by atoms with Gasteiger partial charge in [-0.2, -0.15) is 0 Å². The van der Waals surface area contributed by atoms with E-state index in [4.69, 9.17) is 11.6 Å². The molecule has 2 nitrogen and oxygen atoms in total. The van der Waals surface area contributed by atoms with Crippen LogP contribution < -0.4 is 5.32 Å². The first-order valence-corrected chi connectivity index (χ1v) is 7.12. The lowest BCUT2D eigenvalue weighted by atomic mass is 9.92. The fourth-order valence-corrected chi connectivity index (χ4v) is 2.79. The van der Waals surface area contributed by atoms with Crippen LogP contribution in [0.1, 0.15) is 53.6 Å². The lowest BCUT2D eigenvalue weighted by Gasteiger charge is -2.21. The Balaban J connectivity index is 2.25. The number of alkyl halides is 1. The third-order valence-corrected chi connectivity index (χ3v) is 4.30. The van der Waals surface area contributed by atoms with Gasteiger partial charge in [0.25, 0.3) is 5.91 Å². The molecule has 98 valence electrons. The van der Waals surface area contributed by atoms with Crippen molar-refractivity contribution in [3.05, 3.63) is 34.9 Å². The molecular weight excluding hydrogens is 246 g/mol. The van der Waals surface area contributed by atoms with Crippen LogP contribution in [0.2, 0.25) is 0 Å². The van der Waals surface area contributed by atoms with E-state index in [0.717, 1.165) is 42.5 Å². The van der Waals surface area contributed by atoms with E-state index >= 15 is 0 Å². The summed E-state index contributed by atoms with van der Waals surface area (Å²) in [6.07, 6.45) is 3.16. The lowest BCUT2D eigenvalue weighted by Crippen LogP contribution is -2.31. The van der Waals surface area contributed by atoms with Crippen molar-refractivity contribution < 1.29 is 4.79 Å². The third kappa shape index (κ3) is 2.69. The van der Waals surface area contributed by atoms with Gasteiger partial charge in [-0.3, -0.25) is 4.79 Å². The number of hydrogen-bond donors (Lipinski definition) is 1. The largest absolute Gasteiger partial charge is 0.352 e. The van der Waals surface area contributed by atoms with E-state index in [2.05, 4.69) is 31.3 Å². The van der Waals surface area contributed by atoms with Crippen LogP contribution in [-0.4, -0.2) is 12.5 Å². The van der Waals surface area contributed by atoms with Crippen LogP contribution in [0.15, 0.2) is 18.2 Å². The molecule has 1 aromatic carbocycles. The van der Waals surface area contributed by atoms with Crippen LogP contribution in [0.5, 0.6) is 0 Å².